The van der Waals surface area contributed by atoms with Gasteiger partial charge >= 0.3 is 0 Å². The first-order valence-electron chi connectivity index (χ1n) is 12.5. The van der Waals surface area contributed by atoms with Crippen molar-refractivity contribution in [3.05, 3.63) is 63.5 Å². The Morgan fingerprint density at radius 1 is 1.14 bits per heavy atom. The van der Waals surface area contributed by atoms with E-state index < -0.39 is 5.41 Å². The third-order valence-corrected chi connectivity index (χ3v) is 8.42. The number of nitrogens with one attached hydrogen (secondary N) is 1. The summed E-state index contributed by atoms with van der Waals surface area (Å²) < 4.78 is 0. The smallest absolute Gasteiger partial charge is 0.236 e. The minimum Gasteiger partial charge on any atom is -0.312 e. The highest BCUT2D eigenvalue weighted by Crippen LogP contribution is 2.45. The van der Waals surface area contributed by atoms with Crippen molar-refractivity contribution in [3.8, 4) is 11.3 Å². The van der Waals surface area contributed by atoms with Crippen molar-refractivity contribution in [3.63, 3.8) is 0 Å². The summed E-state index contributed by atoms with van der Waals surface area (Å²) in [6, 6.07) is 13.8. The van der Waals surface area contributed by atoms with E-state index in [1.807, 2.05) is 48.2 Å². The number of amides is 2. The van der Waals surface area contributed by atoms with Gasteiger partial charge in [0.2, 0.25) is 11.8 Å². The standard InChI is InChI=1S/C29H32ClN3O2S/c1-18-25(20-6-11-23-19(16-20)12-15-33(23)24(34)17-28(2,3)4)31-27(36-18)32-26(35)29(13-5-14-29)21-7-9-22(30)10-8-21/h6-11,16H,5,12-15,17H2,1-4H3,(H,31,32,35). The lowest BCUT2D eigenvalue weighted by Gasteiger charge is -2.40. The fraction of sp³-hybridized carbons (Fsp3) is 0.414. The molecule has 0 saturated heterocycles. The van der Waals surface area contributed by atoms with Gasteiger partial charge in [-0.25, -0.2) is 4.98 Å². The average molecular weight is 522 g/mol. The third kappa shape index (κ3) is 4.69. The molecule has 1 aliphatic carbocycles. The Bertz CT molecular complexity index is 1320. The van der Waals surface area contributed by atoms with Crippen LogP contribution in [0.4, 0.5) is 10.8 Å². The molecule has 0 bridgehead atoms. The number of aromatic nitrogens is 1. The van der Waals surface area contributed by atoms with Crippen LogP contribution in [0, 0.1) is 12.3 Å². The molecule has 2 aliphatic rings. The number of nitrogens with zero attached hydrogens (tertiary/aromatic N) is 2. The zero-order valence-electron chi connectivity index (χ0n) is 21.3. The molecule has 2 heterocycles. The van der Waals surface area contributed by atoms with Gasteiger partial charge < -0.3 is 10.2 Å². The van der Waals surface area contributed by atoms with Crippen LogP contribution in [-0.4, -0.2) is 23.3 Å². The predicted molar refractivity (Wildman–Crippen MR) is 148 cm³/mol. The minimum absolute atomic E-state index is 0.00155. The van der Waals surface area contributed by atoms with Crippen LogP contribution in [0.15, 0.2) is 42.5 Å². The van der Waals surface area contributed by atoms with Gasteiger partial charge in [0, 0.05) is 34.1 Å². The van der Waals surface area contributed by atoms with Gasteiger partial charge in [-0.1, -0.05) is 57.0 Å². The van der Waals surface area contributed by atoms with Gasteiger partial charge in [-0.2, -0.15) is 0 Å². The highest BCUT2D eigenvalue weighted by atomic mass is 35.5. The van der Waals surface area contributed by atoms with Gasteiger partial charge in [-0.05, 0) is 67.0 Å². The zero-order valence-corrected chi connectivity index (χ0v) is 22.9. The lowest BCUT2D eigenvalue weighted by Crippen LogP contribution is -2.45. The quantitative estimate of drug-likeness (QED) is 0.387. The number of hydrogen-bond acceptors (Lipinski definition) is 4. The number of hydrogen-bond donors (Lipinski definition) is 1. The summed E-state index contributed by atoms with van der Waals surface area (Å²) in [5, 5.41) is 4.40. The largest absolute Gasteiger partial charge is 0.312 e. The van der Waals surface area contributed by atoms with Gasteiger partial charge in [-0.15, -0.1) is 11.3 Å². The Hall–Kier alpha value is -2.70. The van der Waals surface area contributed by atoms with E-state index in [0.717, 1.165) is 59.6 Å². The van der Waals surface area contributed by atoms with Gasteiger partial charge in [0.25, 0.3) is 0 Å². The van der Waals surface area contributed by atoms with Crippen LogP contribution in [0.2, 0.25) is 5.02 Å². The number of rotatable bonds is 5. The second-order valence-corrected chi connectivity index (χ2v) is 12.8. The first-order chi connectivity index (χ1) is 17.1. The molecule has 0 spiro atoms. The van der Waals surface area contributed by atoms with Crippen molar-refractivity contribution < 1.29 is 9.59 Å². The van der Waals surface area contributed by atoms with Crippen LogP contribution < -0.4 is 10.2 Å². The van der Waals surface area contributed by atoms with E-state index in [2.05, 4.69) is 32.2 Å². The number of fused-ring (bicyclic) bond motifs is 1. The Morgan fingerprint density at radius 3 is 2.50 bits per heavy atom. The van der Waals surface area contributed by atoms with Crippen molar-refractivity contribution in [1.29, 1.82) is 0 Å². The molecule has 5 nitrogen and oxygen atoms in total. The van der Waals surface area contributed by atoms with Crippen molar-refractivity contribution in [2.24, 2.45) is 5.41 Å². The van der Waals surface area contributed by atoms with Crippen molar-refractivity contribution in [1.82, 2.24) is 4.98 Å². The van der Waals surface area contributed by atoms with E-state index in [1.165, 1.54) is 16.9 Å². The molecule has 3 aromatic rings. The molecule has 0 radical (unpaired) electrons. The minimum atomic E-state index is -0.513. The molecule has 1 fully saturated rings. The molecule has 2 aromatic carbocycles. The van der Waals surface area contributed by atoms with Crippen LogP contribution in [0.1, 0.15) is 62.5 Å². The second-order valence-electron chi connectivity index (χ2n) is 11.2. The second kappa shape index (κ2) is 9.31. The Kier molecular flexibility index (Phi) is 6.46. The molecular weight excluding hydrogens is 490 g/mol. The predicted octanol–water partition coefficient (Wildman–Crippen LogP) is 7.16. The van der Waals surface area contributed by atoms with E-state index >= 15 is 0 Å². The van der Waals surface area contributed by atoms with E-state index in [1.54, 1.807) is 0 Å². The highest BCUT2D eigenvalue weighted by Gasteiger charge is 2.46. The zero-order chi connectivity index (χ0) is 25.7. The highest BCUT2D eigenvalue weighted by molar-refractivity contribution is 7.16. The number of carbonyl (C=O) groups is 2. The molecule has 1 N–H and O–H groups in total. The van der Waals surface area contributed by atoms with Crippen LogP contribution in [-0.2, 0) is 21.4 Å². The van der Waals surface area contributed by atoms with Crippen LogP contribution in [0.25, 0.3) is 11.3 Å². The lowest BCUT2D eigenvalue weighted by atomic mass is 9.64. The number of aryl methyl sites for hydroxylation is 1. The van der Waals surface area contributed by atoms with Crippen LogP contribution in [0.3, 0.4) is 0 Å². The molecule has 1 aliphatic heterocycles. The number of halogens is 1. The van der Waals surface area contributed by atoms with Crippen LogP contribution in [0.5, 0.6) is 0 Å². The summed E-state index contributed by atoms with van der Waals surface area (Å²) >= 11 is 7.57. The first kappa shape index (κ1) is 25.0. The Morgan fingerprint density at radius 2 is 1.86 bits per heavy atom. The van der Waals surface area contributed by atoms with E-state index in [9.17, 15) is 9.59 Å². The first-order valence-corrected chi connectivity index (χ1v) is 13.7. The monoisotopic (exact) mass is 521 g/mol. The van der Waals surface area contributed by atoms with E-state index in [4.69, 9.17) is 16.6 Å². The SMILES string of the molecule is Cc1sc(NC(=O)C2(c3ccc(Cl)cc3)CCC2)nc1-c1ccc2c(c1)CCN2C(=O)CC(C)(C)C. The summed E-state index contributed by atoms with van der Waals surface area (Å²) in [6.07, 6.45) is 4.05. The molecule has 0 atom stereocenters. The van der Waals surface area contributed by atoms with Gasteiger partial charge in [0.1, 0.15) is 0 Å². The molecule has 5 rings (SSSR count). The molecule has 36 heavy (non-hydrogen) atoms. The lowest BCUT2D eigenvalue weighted by molar-refractivity contribution is -0.124. The summed E-state index contributed by atoms with van der Waals surface area (Å²) in [4.78, 5) is 34.0. The number of thiazole rings is 1. The molecular formula is C29H32ClN3O2S. The summed E-state index contributed by atoms with van der Waals surface area (Å²) in [5.41, 5.74) is 4.53. The van der Waals surface area contributed by atoms with E-state index in [-0.39, 0.29) is 17.2 Å². The van der Waals surface area contributed by atoms with Gasteiger partial charge in [0.05, 0.1) is 11.1 Å². The summed E-state index contributed by atoms with van der Waals surface area (Å²) in [7, 11) is 0. The molecule has 2 amide bonds. The summed E-state index contributed by atoms with van der Waals surface area (Å²) in [6.45, 7) is 9.03. The number of benzene rings is 2. The maximum atomic E-state index is 13.4. The number of anilines is 2. The maximum absolute atomic E-state index is 13.4. The van der Waals surface area contributed by atoms with Gasteiger partial charge in [-0.3, -0.25) is 9.59 Å². The normalized spacial score (nSPS) is 16.4. The Labute approximate surface area is 221 Å². The Balaban J connectivity index is 1.35. The summed E-state index contributed by atoms with van der Waals surface area (Å²) in [5.74, 6) is 0.174. The topological polar surface area (TPSA) is 62.3 Å². The molecule has 188 valence electrons. The van der Waals surface area contributed by atoms with Gasteiger partial charge in [0.15, 0.2) is 5.13 Å². The van der Waals surface area contributed by atoms with E-state index in [0.29, 0.717) is 16.6 Å². The third-order valence-electron chi connectivity index (χ3n) is 7.29. The molecule has 7 heteroatoms. The van der Waals surface area contributed by atoms with Crippen molar-refractivity contribution >= 4 is 45.6 Å². The molecule has 0 unspecified atom stereocenters. The fourth-order valence-electron chi connectivity index (χ4n) is 5.24. The van der Waals surface area contributed by atoms with Crippen molar-refractivity contribution in [2.45, 2.75) is 65.2 Å². The average Bonchev–Trinajstić information content (AvgIpc) is 3.35. The number of carbonyl (C=O) groups excluding carboxylic acids is 2. The fourth-order valence-corrected chi connectivity index (χ4v) is 6.19. The maximum Gasteiger partial charge on any atom is 0.236 e. The molecule has 1 aromatic heterocycles. The van der Waals surface area contributed by atoms with Crippen LogP contribution >= 0.6 is 22.9 Å². The van der Waals surface area contributed by atoms with Crippen molar-refractivity contribution in [2.75, 3.05) is 16.8 Å². The molecule has 1 saturated carbocycles.